The average molecular weight is 343 g/mol. The van der Waals surface area contributed by atoms with Crippen LogP contribution in [-0.4, -0.2) is 47.7 Å². The van der Waals surface area contributed by atoms with Gasteiger partial charge in [-0.1, -0.05) is 13.3 Å². The van der Waals surface area contributed by atoms with Crippen LogP contribution < -0.4 is 4.90 Å². The van der Waals surface area contributed by atoms with Crippen molar-refractivity contribution in [2.45, 2.75) is 38.1 Å². The Hall–Kier alpha value is -2.09. The van der Waals surface area contributed by atoms with Gasteiger partial charge in [0.05, 0.1) is 0 Å². The summed E-state index contributed by atoms with van der Waals surface area (Å²) in [5, 5.41) is 14.0. The van der Waals surface area contributed by atoms with Crippen LogP contribution in [0.5, 0.6) is 0 Å². The van der Waals surface area contributed by atoms with Crippen LogP contribution in [0.1, 0.15) is 36.5 Å². The van der Waals surface area contributed by atoms with Crippen molar-refractivity contribution >= 4 is 17.3 Å². The number of amides is 1. The van der Waals surface area contributed by atoms with E-state index in [2.05, 4.69) is 5.10 Å². The van der Waals surface area contributed by atoms with Crippen molar-refractivity contribution in [2.75, 3.05) is 19.0 Å². The smallest absolute Gasteiger partial charge is 0.378 e. The van der Waals surface area contributed by atoms with Crippen LogP contribution in [-0.2, 0) is 0 Å². The number of hydrogen-bond donors (Lipinski definition) is 1. The summed E-state index contributed by atoms with van der Waals surface area (Å²) in [4.78, 5) is 14.3. The SMILES string of the molecule is CCCC1=NN(C(=O)c2ccc(N(C)C)cc2)[C@@](O)(C(F)(F)F)C1. The lowest BCUT2D eigenvalue weighted by atomic mass is 10.0. The second-order valence-electron chi connectivity index (χ2n) is 5.97. The summed E-state index contributed by atoms with van der Waals surface area (Å²) in [5.74, 6) is -0.980. The average Bonchev–Trinajstić information content (AvgIpc) is 2.85. The van der Waals surface area contributed by atoms with Crippen LogP contribution in [0.15, 0.2) is 29.4 Å². The third-order valence-electron chi connectivity index (χ3n) is 3.86. The molecule has 1 N–H and O–H groups in total. The maximum absolute atomic E-state index is 13.3. The van der Waals surface area contributed by atoms with E-state index in [9.17, 15) is 23.1 Å². The second kappa shape index (κ2) is 6.43. The zero-order valence-electron chi connectivity index (χ0n) is 13.8. The largest absolute Gasteiger partial charge is 0.438 e. The van der Waals surface area contributed by atoms with Gasteiger partial charge in [-0.05, 0) is 30.7 Å². The first-order valence-corrected chi connectivity index (χ1v) is 7.57. The molecule has 5 nitrogen and oxygen atoms in total. The fraction of sp³-hybridized carbons (Fsp3) is 0.500. The standard InChI is InChI=1S/C16H20F3N3O2/c1-4-5-12-10-15(24,16(17,18)19)22(20-12)14(23)11-6-8-13(9-7-11)21(2)3/h6-9,24H,4-5,10H2,1-3H3/t15-/m0/s1. The van der Waals surface area contributed by atoms with E-state index in [-0.39, 0.29) is 16.3 Å². The molecule has 0 radical (unpaired) electrons. The normalized spacial score (nSPS) is 21.0. The predicted molar refractivity (Wildman–Crippen MR) is 84.9 cm³/mol. The van der Waals surface area contributed by atoms with E-state index in [1.54, 1.807) is 38.1 Å². The minimum Gasteiger partial charge on any atom is -0.378 e. The third-order valence-corrected chi connectivity index (χ3v) is 3.86. The molecule has 8 heteroatoms. The first kappa shape index (κ1) is 18.3. The van der Waals surface area contributed by atoms with E-state index < -0.39 is 24.2 Å². The molecule has 1 heterocycles. The highest BCUT2D eigenvalue weighted by Crippen LogP contribution is 2.41. The molecule has 0 fully saturated rings. The monoisotopic (exact) mass is 343 g/mol. The van der Waals surface area contributed by atoms with Gasteiger partial charge in [0, 0.05) is 37.5 Å². The van der Waals surface area contributed by atoms with Gasteiger partial charge >= 0.3 is 6.18 Å². The number of benzene rings is 1. The number of carbonyl (C=O) groups is 1. The first-order chi connectivity index (χ1) is 11.1. The Balaban J connectivity index is 2.36. The molecule has 0 saturated carbocycles. The van der Waals surface area contributed by atoms with Crippen molar-refractivity contribution in [3.8, 4) is 0 Å². The summed E-state index contributed by atoms with van der Waals surface area (Å²) < 4.78 is 40.0. The number of carbonyl (C=O) groups excluding carboxylic acids is 1. The number of nitrogens with zero attached hydrogens (tertiary/aromatic N) is 3. The van der Waals surface area contributed by atoms with Crippen molar-refractivity contribution in [2.24, 2.45) is 5.10 Å². The Morgan fingerprint density at radius 2 is 1.92 bits per heavy atom. The highest BCUT2D eigenvalue weighted by atomic mass is 19.4. The number of hydrogen-bond acceptors (Lipinski definition) is 4. The highest BCUT2D eigenvalue weighted by molar-refractivity contribution is 5.98. The van der Waals surface area contributed by atoms with Gasteiger partial charge in [-0.15, -0.1) is 0 Å². The van der Waals surface area contributed by atoms with Gasteiger partial charge in [0.25, 0.3) is 11.6 Å². The van der Waals surface area contributed by atoms with E-state index in [1.807, 2.05) is 0 Å². The van der Waals surface area contributed by atoms with Crippen LogP contribution in [0.4, 0.5) is 18.9 Å². The molecular formula is C16H20F3N3O2. The highest BCUT2D eigenvalue weighted by Gasteiger charge is 2.63. The summed E-state index contributed by atoms with van der Waals surface area (Å²) >= 11 is 0. The Morgan fingerprint density at radius 3 is 2.38 bits per heavy atom. The number of hydrazone groups is 1. The van der Waals surface area contributed by atoms with Crippen molar-refractivity contribution < 1.29 is 23.1 Å². The lowest BCUT2D eigenvalue weighted by Gasteiger charge is -2.32. The molecule has 0 aliphatic carbocycles. The molecule has 1 amide bonds. The molecule has 132 valence electrons. The number of alkyl halides is 3. The molecule has 2 rings (SSSR count). The maximum Gasteiger partial charge on any atom is 0.438 e. The van der Waals surface area contributed by atoms with Crippen molar-refractivity contribution in [3.05, 3.63) is 29.8 Å². The van der Waals surface area contributed by atoms with Gasteiger partial charge < -0.3 is 10.0 Å². The van der Waals surface area contributed by atoms with Crippen molar-refractivity contribution in [3.63, 3.8) is 0 Å². The van der Waals surface area contributed by atoms with Crippen LogP contribution in [0, 0.1) is 0 Å². The molecular weight excluding hydrogens is 323 g/mol. The molecule has 1 aliphatic rings. The number of rotatable bonds is 4. The zero-order valence-corrected chi connectivity index (χ0v) is 13.8. The van der Waals surface area contributed by atoms with Crippen LogP contribution in [0.25, 0.3) is 0 Å². The number of halogens is 3. The fourth-order valence-corrected chi connectivity index (χ4v) is 2.50. The molecule has 24 heavy (non-hydrogen) atoms. The van der Waals surface area contributed by atoms with E-state index in [1.165, 1.54) is 12.1 Å². The molecule has 1 aromatic carbocycles. The number of aliphatic hydroxyl groups is 1. The molecule has 1 aromatic rings. The summed E-state index contributed by atoms with van der Waals surface area (Å²) in [6, 6.07) is 6.07. The topological polar surface area (TPSA) is 56.1 Å². The van der Waals surface area contributed by atoms with Gasteiger partial charge in [0.1, 0.15) is 0 Å². The molecule has 0 unspecified atom stereocenters. The van der Waals surface area contributed by atoms with Gasteiger partial charge in [0.15, 0.2) is 0 Å². The lowest BCUT2D eigenvalue weighted by molar-refractivity contribution is -0.297. The van der Waals surface area contributed by atoms with Crippen molar-refractivity contribution in [1.82, 2.24) is 5.01 Å². The maximum atomic E-state index is 13.3. The molecule has 0 spiro atoms. The molecule has 0 aromatic heterocycles. The van der Waals surface area contributed by atoms with Gasteiger partial charge in [-0.3, -0.25) is 4.79 Å². The molecule has 0 saturated heterocycles. The van der Waals surface area contributed by atoms with Crippen LogP contribution in [0.2, 0.25) is 0 Å². The lowest BCUT2D eigenvalue weighted by Crippen LogP contribution is -2.56. The van der Waals surface area contributed by atoms with E-state index in [0.29, 0.717) is 12.8 Å². The predicted octanol–water partition coefficient (Wildman–Crippen LogP) is 3.01. The fourth-order valence-electron chi connectivity index (χ4n) is 2.50. The minimum absolute atomic E-state index is 0.0322. The van der Waals surface area contributed by atoms with Crippen LogP contribution in [0.3, 0.4) is 0 Å². The van der Waals surface area contributed by atoms with Gasteiger partial charge in [-0.25, -0.2) is 0 Å². The quantitative estimate of drug-likeness (QED) is 0.914. The van der Waals surface area contributed by atoms with Crippen molar-refractivity contribution in [1.29, 1.82) is 0 Å². The Kier molecular flexibility index (Phi) is 4.89. The van der Waals surface area contributed by atoms with Gasteiger partial charge in [0.2, 0.25) is 0 Å². The second-order valence-corrected chi connectivity index (χ2v) is 5.97. The van der Waals surface area contributed by atoms with E-state index >= 15 is 0 Å². The summed E-state index contributed by atoms with van der Waals surface area (Å²) in [7, 11) is 3.61. The summed E-state index contributed by atoms with van der Waals surface area (Å²) in [5.41, 5.74) is -2.30. The Morgan fingerprint density at radius 1 is 1.33 bits per heavy atom. The van der Waals surface area contributed by atoms with Crippen LogP contribution >= 0.6 is 0 Å². The van der Waals surface area contributed by atoms with Gasteiger partial charge in [-0.2, -0.15) is 23.3 Å². The van der Waals surface area contributed by atoms with E-state index in [4.69, 9.17) is 0 Å². The summed E-state index contributed by atoms with van der Waals surface area (Å²) in [6.45, 7) is 1.79. The molecule has 0 bridgehead atoms. The number of anilines is 1. The molecule has 1 atom stereocenters. The zero-order chi connectivity index (χ0) is 18.1. The Bertz CT molecular complexity index is 641. The molecule has 1 aliphatic heterocycles. The first-order valence-electron chi connectivity index (χ1n) is 7.57. The summed E-state index contributed by atoms with van der Waals surface area (Å²) in [6.07, 6.45) is -4.84. The van der Waals surface area contributed by atoms with E-state index in [0.717, 1.165) is 5.69 Å². The minimum atomic E-state index is -4.99. The Labute approximate surface area is 138 Å². The third kappa shape index (κ3) is 3.24.